The lowest BCUT2D eigenvalue weighted by Gasteiger charge is -2.34. The van der Waals surface area contributed by atoms with E-state index in [4.69, 9.17) is 9.47 Å². The van der Waals surface area contributed by atoms with E-state index in [2.05, 4.69) is 0 Å². The normalized spacial score (nSPS) is 13.9. The molecule has 1 saturated heterocycles. The number of carbonyl (C=O) groups excluding carboxylic acids is 2. The monoisotopic (exact) mass is 384 g/mol. The lowest BCUT2D eigenvalue weighted by Crippen LogP contribution is -2.51. The second kappa shape index (κ2) is 9.12. The first-order chi connectivity index (χ1) is 13.6. The van der Waals surface area contributed by atoms with E-state index in [1.807, 2.05) is 6.92 Å². The molecule has 0 unspecified atom stereocenters. The maximum absolute atomic E-state index is 12.5. The molecule has 1 aliphatic rings. The summed E-state index contributed by atoms with van der Waals surface area (Å²) in [5, 5.41) is 9.53. The minimum atomic E-state index is -0.145. The number of phenols is 1. The first-order valence-electron chi connectivity index (χ1n) is 9.28. The average molecular weight is 384 g/mol. The molecular weight excluding hydrogens is 360 g/mol. The third-order valence-electron chi connectivity index (χ3n) is 4.51. The standard InChI is InChI=1S/C21H24N2O5/c1-2-27-18-6-8-19(9-7-18)28-15-20(25)22-10-12-23(13-11-22)21(26)16-4-3-5-17(24)14-16/h3-9,14,24H,2,10-13,15H2,1H3. The minimum absolute atomic E-state index is 0.0471. The maximum Gasteiger partial charge on any atom is 0.260 e. The quantitative estimate of drug-likeness (QED) is 0.826. The summed E-state index contributed by atoms with van der Waals surface area (Å²) in [5.74, 6) is 1.17. The smallest absolute Gasteiger partial charge is 0.260 e. The fraction of sp³-hybridized carbons (Fsp3) is 0.333. The van der Waals surface area contributed by atoms with Crippen molar-refractivity contribution in [3.8, 4) is 17.2 Å². The van der Waals surface area contributed by atoms with Crippen LogP contribution in [-0.2, 0) is 4.79 Å². The highest BCUT2D eigenvalue weighted by molar-refractivity contribution is 5.94. The lowest BCUT2D eigenvalue weighted by atomic mass is 10.1. The van der Waals surface area contributed by atoms with E-state index in [-0.39, 0.29) is 24.2 Å². The van der Waals surface area contributed by atoms with Gasteiger partial charge in [-0.25, -0.2) is 0 Å². The van der Waals surface area contributed by atoms with Crippen molar-refractivity contribution in [1.82, 2.24) is 9.80 Å². The molecule has 1 heterocycles. The average Bonchev–Trinajstić information content (AvgIpc) is 2.73. The number of aromatic hydroxyl groups is 1. The molecule has 2 amide bonds. The third kappa shape index (κ3) is 4.94. The number of nitrogens with zero attached hydrogens (tertiary/aromatic N) is 2. The van der Waals surface area contributed by atoms with Crippen molar-refractivity contribution in [2.24, 2.45) is 0 Å². The third-order valence-corrected chi connectivity index (χ3v) is 4.51. The summed E-state index contributed by atoms with van der Waals surface area (Å²) in [4.78, 5) is 28.2. The van der Waals surface area contributed by atoms with Crippen LogP contribution in [0.3, 0.4) is 0 Å². The molecule has 0 atom stereocenters. The van der Waals surface area contributed by atoms with Gasteiger partial charge in [-0.1, -0.05) is 6.07 Å². The summed E-state index contributed by atoms with van der Waals surface area (Å²) in [6, 6.07) is 13.4. The molecule has 2 aromatic carbocycles. The van der Waals surface area contributed by atoms with Gasteiger partial charge in [-0.2, -0.15) is 0 Å². The second-order valence-corrected chi connectivity index (χ2v) is 6.42. The molecule has 7 nitrogen and oxygen atoms in total. The van der Waals surface area contributed by atoms with Gasteiger partial charge in [0.1, 0.15) is 17.2 Å². The Balaban J connectivity index is 1.46. The van der Waals surface area contributed by atoms with Gasteiger partial charge in [-0.15, -0.1) is 0 Å². The van der Waals surface area contributed by atoms with Gasteiger partial charge in [0, 0.05) is 31.7 Å². The van der Waals surface area contributed by atoms with E-state index in [0.29, 0.717) is 44.1 Å². The SMILES string of the molecule is CCOc1ccc(OCC(=O)N2CCN(C(=O)c3cccc(O)c3)CC2)cc1. The molecule has 0 aliphatic carbocycles. The number of benzene rings is 2. The number of rotatable bonds is 6. The highest BCUT2D eigenvalue weighted by atomic mass is 16.5. The van der Waals surface area contributed by atoms with E-state index < -0.39 is 0 Å². The van der Waals surface area contributed by atoms with Crippen LogP contribution < -0.4 is 9.47 Å². The first kappa shape index (κ1) is 19.5. The highest BCUT2D eigenvalue weighted by Gasteiger charge is 2.25. The van der Waals surface area contributed by atoms with Gasteiger partial charge >= 0.3 is 0 Å². The Labute approximate surface area is 164 Å². The zero-order chi connectivity index (χ0) is 19.9. The molecule has 0 spiro atoms. The molecule has 1 N–H and O–H groups in total. The molecule has 0 saturated carbocycles. The van der Waals surface area contributed by atoms with Crippen molar-refractivity contribution in [2.45, 2.75) is 6.92 Å². The van der Waals surface area contributed by atoms with E-state index in [0.717, 1.165) is 5.75 Å². The summed E-state index contributed by atoms with van der Waals surface area (Å²) in [7, 11) is 0. The summed E-state index contributed by atoms with van der Waals surface area (Å²) in [6.07, 6.45) is 0. The van der Waals surface area contributed by atoms with Crippen molar-refractivity contribution in [3.63, 3.8) is 0 Å². The van der Waals surface area contributed by atoms with Gasteiger partial charge in [-0.05, 0) is 49.4 Å². The lowest BCUT2D eigenvalue weighted by molar-refractivity contribution is -0.134. The van der Waals surface area contributed by atoms with Crippen molar-refractivity contribution in [3.05, 3.63) is 54.1 Å². The Bertz CT molecular complexity index is 814. The van der Waals surface area contributed by atoms with Crippen LogP contribution in [0.5, 0.6) is 17.2 Å². The van der Waals surface area contributed by atoms with Gasteiger partial charge in [0.2, 0.25) is 0 Å². The molecule has 3 rings (SSSR count). The largest absolute Gasteiger partial charge is 0.508 e. The summed E-state index contributed by atoms with van der Waals surface area (Å²) >= 11 is 0. The van der Waals surface area contributed by atoms with Crippen LogP contribution in [0.25, 0.3) is 0 Å². The van der Waals surface area contributed by atoms with Crippen LogP contribution >= 0.6 is 0 Å². The van der Waals surface area contributed by atoms with Gasteiger partial charge in [0.15, 0.2) is 6.61 Å². The molecule has 28 heavy (non-hydrogen) atoms. The Hall–Kier alpha value is -3.22. The van der Waals surface area contributed by atoms with Crippen LogP contribution in [0.15, 0.2) is 48.5 Å². The van der Waals surface area contributed by atoms with Crippen LogP contribution in [0.1, 0.15) is 17.3 Å². The van der Waals surface area contributed by atoms with E-state index in [9.17, 15) is 14.7 Å². The zero-order valence-electron chi connectivity index (χ0n) is 15.8. The van der Waals surface area contributed by atoms with Crippen molar-refractivity contribution in [1.29, 1.82) is 0 Å². The number of piperazine rings is 1. The molecule has 0 radical (unpaired) electrons. The number of hydrogen-bond acceptors (Lipinski definition) is 5. The number of hydrogen-bond donors (Lipinski definition) is 1. The fourth-order valence-corrected chi connectivity index (χ4v) is 3.02. The van der Waals surface area contributed by atoms with Crippen molar-refractivity contribution < 1.29 is 24.2 Å². The number of carbonyl (C=O) groups is 2. The highest BCUT2D eigenvalue weighted by Crippen LogP contribution is 2.18. The van der Waals surface area contributed by atoms with E-state index in [1.165, 1.54) is 12.1 Å². The van der Waals surface area contributed by atoms with Gasteiger partial charge in [0.05, 0.1) is 6.61 Å². The maximum atomic E-state index is 12.5. The van der Waals surface area contributed by atoms with Gasteiger partial charge < -0.3 is 24.4 Å². The predicted octanol–water partition coefficient (Wildman–Crippen LogP) is 2.15. The Morgan fingerprint density at radius 2 is 1.54 bits per heavy atom. The van der Waals surface area contributed by atoms with Crippen LogP contribution in [0, 0.1) is 0 Å². The zero-order valence-corrected chi connectivity index (χ0v) is 15.8. The Morgan fingerprint density at radius 3 is 2.14 bits per heavy atom. The molecule has 0 aromatic heterocycles. The molecule has 1 aliphatic heterocycles. The van der Waals surface area contributed by atoms with E-state index >= 15 is 0 Å². The molecule has 1 fully saturated rings. The molecule has 7 heteroatoms. The number of ether oxygens (including phenoxy) is 2. The summed E-state index contributed by atoms with van der Waals surface area (Å²) in [6.45, 7) is 4.27. The van der Waals surface area contributed by atoms with Crippen molar-refractivity contribution >= 4 is 11.8 Å². The molecule has 0 bridgehead atoms. The van der Waals surface area contributed by atoms with Crippen LogP contribution in [-0.4, -0.2) is 66.1 Å². The van der Waals surface area contributed by atoms with Crippen LogP contribution in [0.2, 0.25) is 0 Å². The van der Waals surface area contributed by atoms with Gasteiger partial charge in [-0.3, -0.25) is 9.59 Å². The Kier molecular flexibility index (Phi) is 6.37. The second-order valence-electron chi connectivity index (χ2n) is 6.42. The topological polar surface area (TPSA) is 79.3 Å². The number of amides is 2. The first-order valence-corrected chi connectivity index (χ1v) is 9.28. The molecular formula is C21H24N2O5. The van der Waals surface area contributed by atoms with Gasteiger partial charge in [0.25, 0.3) is 11.8 Å². The fourth-order valence-electron chi connectivity index (χ4n) is 3.02. The minimum Gasteiger partial charge on any atom is -0.508 e. The summed E-state index contributed by atoms with van der Waals surface area (Å²) < 4.78 is 10.9. The van der Waals surface area contributed by atoms with Crippen molar-refractivity contribution in [2.75, 3.05) is 39.4 Å². The Morgan fingerprint density at radius 1 is 0.929 bits per heavy atom. The summed E-state index contributed by atoms with van der Waals surface area (Å²) in [5.41, 5.74) is 0.443. The predicted molar refractivity (Wildman–Crippen MR) is 104 cm³/mol. The number of phenolic OH excluding ortho intramolecular Hbond substituents is 1. The van der Waals surface area contributed by atoms with E-state index in [1.54, 1.807) is 46.2 Å². The van der Waals surface area contributed by atoms with Crippen LogP contribution in [0.4, 0.5) is 0 Å². The molecule has 2 aromatic rings. The molecule has 148 valence electrons.